The number of nitrogens with one attached hydrogen (secondary N) is 1. The van der Waals surface area contributed by atoms with Crippen molar-refractivity contribution >= 4 is 15.7 Å². The van der Waals surface area contributed by atoms with E-state index >= 15 is 0 Å². The van der Waals surface area contributed by atoms with Crippen molar-refractivity contribution in [3.05, 3.63) is 58.5 Å². The molecule has 6 nitrogen and oxygen atoms in total. The number of nitrogens with zero attached hydrogens (tertiary/aromatic N) is 2. The number of rotatable bonds is 2. The third kappa shape index (κ3) is 2.88. The van der Waals surface area contributed by atoms with Crippen molar-refractivity contribution < 1.29 is 13.5 Å². The highest BCUT2D eigenvalue weighted by molar-refractivity contribution is 7.94. The topological polar surface area (TPSA) is 91.7 Å². The molecule has 0 aliphatic carbocycles. The molecule has 0 saturated heterocycles. The molecule has 2 aliphatic rings. The van der Waals surface area contributed by atoms with Gasteiger partial charge in [-0.1, -0.05) is 12.1 Å². The highest BCUT2D eigenvalue weighted by Gasteiger charge is 2.41. The van der Waals surface area contributed by atoms with Crippen LogP contribution in [0.2, 0.25) is 0 Å². The maximum atomic E-state index is 11.7. The van der Waals surface area contributed by atoms with E-state index in [1.165, 1.54) is 11.0 Å². The van der Waals surface area contributed by atoms with Gasteiger partial charge in [0.25, 0.3) is 0 Å². The second kappa shape index (κ2) is 5.67. The molecule has 0 saturated carbocycles. The minimum absolute atomic E-state index is 0.0259. The van der Waals surface area contributed by atoms with Crippen molar-refractivity contribution in [3.63, 3.8) is 0 Å². The Morgan fingerprint density at radius 3 is 2.62 bits per heavy atom. The highest BCUT2D eigenvalue weighted by atomic mass is 32.2. The number of sulfone groups is 1. The summed E-state index contributed by atoms with van der Waals surface area (Å²) in [6.45, 7) is 4.40. The van der Waals surface area contributed by atoms with Gasteiger partial charge in [0.15, 0.2) is 9.84 Å². The first kappa shape index (κ1) is 16.8. The van der Waals surface area contributed by atoms with Crippen LogP contribution in [0.3, 0.4) is 0 Å². The molecule has 0 fully saturated rings. The Bertz CT molecular complexity index is 1070. The van der Waals surface area contributed by atoms with E-state index in [1.54, 1.807) is 12.1 Å². The lowest BCUT2D eigenvalue weighted by atomic mass is 10.0. The summed E-state index contributed by atoms with van der Waals surface area (Å²) in [6.07, 6.45) is 1.63. The summed E-state index contributed by atoms with van der Waals surface area (Å²) in [4.78, 5) is 8.69. The number of aliphatic imine (C=N–C) groups is 1. The van der Waals surface area contributed by atoms with Gasteiger partial charge in [0, 0.05) is 11.0 Å². The summed E-state index contributed by atoms with van der Waals surface area (Å²) in [5.74, 6) is 0.305. The van der Waals surface area contributed by atoms with Crippen LogP contribution in [-0.4, -0.2) is 42.2 Å². The number of aryl methyl sites for hydroxylation is 2. The molecule has 2 N–H and O–H groups in total. The van der Waals surface area contributed by atoms with Gasteiger partial charge in [0.05, 0.1) is 29.1 Å². The van der Waals surface area contributed by atoms with E-state index in [9.17, 15) is 13.5 Å². The van der Waals surface area contributed by atoms with E-state index in [0.717, 1.165) is 11.1 Å². The molecule has 0 amide bonds. The van der Waals surface area contributed by atoms with Gasteiger partial charge in [0.2, 0.25) is 5.88 Å². The van der Waals surface area contributed by atoms with Crippen molar-refractivity contribution in [1.82, 2.24) is 10.3 Å². The van der Waals surface area contributed by atoms with Gasteiger partial charge in [-0.25, -0.2) is 13.4 Å². The summed E-state index contributed by atoms with van der Waals surface area (Å²) in [6, 6.07) is 9.61. The molecule has 1 spiro atoms. The summed E-state index contributed by atoms with van der Waals surface area (Å²) < 4.78 is 23.4. The molecule has 7 heteroatoms. The Hall–Kier alpha value is -2.67. The van der Waals surface area contributed by atoms with Crippen molar-refractivity contribution in [2.24, 2.45) is 4.99 Å². The molecular weight excluding hydrogens is 350 g/mol. The summed E-state index contributed by atoms with van der Waals surface area (Å²) in [5, 5.41) is 14.8. The highest BCUT2D eigenvalue weighted by Crippen LogP contribution is 2.29. The zero-order valence-electron chi connectivity index (χ0n) is 14.5. The lowest BCUT2D eigenvalue weighted by Gasteiger charge is -2.20. The number of pyridine rings is 1. The number of aromatic nitrogens is 1. The van der Waals surface area contributed by atoms with E-state index in [1.807, 2.05) is 38.1 Å². The van der Waals surface area contributed by atoms with Crippen LogP contribution in [0, 0.1) is 13.8 Å². The maximum absolute atomic E-state index is 11.7. The third-order valence-corrected chi connectivity index (χ3v) is 6.34. The Balaban J connectivity index is 1.61. The fraction of sp³-hybridized carbons (Fsp3) is 0.263. The lowest BCUT2D eigenvalue weighted by molar-refractivity contribution is 0.452. The van der Waals surface area contributed by atoms with Gasteiger partial charge in [-0.3, -0.25) is 4.99 Å². The smallest absolute Gasteiger partial charge is 0.222 e. The number of amidine groups is 1. The van der Waals surface area contributed by atoms with Gasteiger partial charge in [0.1, 0.15) is 5.84 Å². The normalized spacial score (nSPS) is 23.2. The molecule has 26 heavy (non-hydrogen) atoms. The average Bonchev–Trinajstić information content (AvgIpc) is 3.12. The molecule has 0 unspecified atom stereocenters. The lowest BCUT2D eigenvalue weighted by Crippen LogP contribution is -2.46. The predicted molar refractivity (Wildman–Crippen MR) is 101 cm³/mol. The van der Waals surface area contributed by atoms with Crippen molar-refractivity contribution in [3.8, 4) is 17.1 Å². The zero-order valence-corrected chi connectivity index (χ0v) is 15.3. The molecule has 2 aliphatic heterocycles. The summed E-state index contributed by atoms with van der Waals surface area (Å²) in [5.41, 5.74) is 3.71. The van der Waals surface area contributed by atoms with Gasteiger partial charge in [-0.2, -0.15) is 0 Å². The largest absolute Gasteiger partial charge is 0.493 e. The van der Waals surface area contributed by atoms with E-state index in [2.05, 4.69) is 15.3 Å². The van der Waals surface area contributed by atoms with Gasteiger partial charge < -0.3 is 10.4 Å². The Morgan fingerprint density at radius 2 is 1.96 bits per heavy atom. The molecule has 0 radical (unpaired) electrons. The summed E-state index contributed by atoms with van der Waals surface area (Å²) >= 11 is 0. The minimum atomic E-state index is -3.20. The number of benzene rings is 1. The molecular formula is C19H19N3O3S. The molecule has 134 valence electrons. The first-order valence-electron chi connectivity index (χ1n) is 8.30. The molecule has 0 bridgehead atoms. The molecule has 2 aromatic rings. The van der Waals surface area contributed by atoms with Crippen LogP contribution in [0.5, 0.6) is 5.88 Å². The second-order valence-corrected chi connectivity index (χ2v) is 8.81. The molecule has 1 aromatic carbocycles. The van der Waals surface area contributed by atoms with Crippen LogP contribution in [0.4, 0.5) is 0 Å². The Kier molecular flexibility index (Phi) is 3.66. The van der Waals surface area contributed by atoms with Gasteiger partial charge in [-0.05, 0) is 49.2 Å². The maximum Gasteiger partial charge on any atom is 0.222 e. The van der Waals surface area contributed by atoms with E-state index < -0.39 is 15.4 Å². The van der Waals surface area contributed by atoms with Crippen molar-refractivity contribution in [1.29, 1.82) is 0 Å². The number of aromatic hydroxyl groups is 1. The molecule has 4 rings (SSSR count). The quantitative estimate of drug-likeness (QED) is 0.846. The van der Waals surface area contributed by atoms with Crippen LogP contribution in [-0.2, 0) is 9.84 Å². The van der Waals surface area contributed by atoms with Gasteiger partial charge >= 0.3 is 0 Å². The van der Waals surface area contributed by atoms with E-state index in [0.29, 0.717) is 23.6 Å². The first-order valence-corrected chi connectivity index (χ1v) is 10.0. The molecule has 1 atom stereocenters. The van der Waals surface area contributed by atoms with Crippen molar-refractivity contribution in [2.45, 2.75) is 19.4 Å². The Labute approximate surface area is 152 Å². The monoisotopic (exact) mass is 369 g/mol. The second-order valence-electron chi connectivity index (χ2n) is 6.92. The first-order chi connectivity index (χ1) is 12.3. The van der Waals surface area contributed by atoms with Crippen LogP contribution < -0.4 is 5.32 Å². The standard InChI is InChI=1S/C19H19N3O3S/c1-12-3-4-14(9-13(12)2)16-6-5-15(18(23)21-16)17-20-10-19(22-17)7-8-26(24,25)11-19/h3-9H,10-11H2,1-2H3,(H,20,22)(H,21,23)/t19-/m1/s1. The number of hydrogen-bond donors (Lipinski definition) is 2. The van der Waals surface area contributed by atoms with E-state index in [-0.39, 0.29) is 11.6 Å². The summed E-state index contributed by atoms with van der Waals surface area (Å²) in [7, 11) is -3.20. The molecule has 3 heterocycles. The fourth-order valence-electron chi connectivity index (χ4n) is 3.25. The van der Waals surface area contributed by atoms with Crippen LogP contribution in [0.25, 0.3) is 11.3 Å². The van der Waals surface area contributed by atoms with E-state index in [4.69, 9.17) is 0 Å². The van der Waals surface area contributed by atoms with Crippen LogP contribution >= 0.6 is 0 Å². The van der Waals surface area contributed by atoms with Crippen LogP contribution in [0.1, 0.15) is 16.7 Å². The van der Waals surface area contributed by atoms with Gasteiger partial charge in [-0.15, -0.1) is 0 Å². The third-order valence-electron chi connectivity index (χ3n) is 4.87. The van der Waals surface area contributed by atoms with Crippen LogP contribution in [0.15, 0.2) is 46.8 Å². The van der Waals surface area contributed by atoms with Crippen molar-refractivity contribution in [2.75, 3.05) is 12.3 Å². The number of hydrogen-bond acceptors (Lipinski definition) is 6. The zero-order chi connectivity index (χ0) is 18.5. The minimum Gasteiger partial charge on any atom is -0.493 e. The average molecular weight is 369 g/mol. The predicted octanol–water partition coefficient (Wildman–Crippen LogP) is 2.10. The molecule has 1 aromatic heterocycles. The SMILES string of the molecule is Cc1ccc(-c2ccc(C3=NC[C@@]4(C=CS(=O)(=O)C4)N3)c(O)n2)cc1C. The Morgan fingerprint density at radius 1 is 1.15 bits per heavy atom. The fourth-order valence-corrected chi connectivity index (χ4v) is 4.79.